The van der Waals surface area contributed by atoms with Crippen molar-refractivity contribution in [2.75, 3.05) is 19.6 Å². The maximum absolute atomic E-state index is 13.9. The van der Waals surface area contributed by atoms with Crippen molar-refractivity contribution >= 4 is 12.4 Å². The molecule has 0 spiro atoms. The second kappa shape index (κ2) is 7.17. The topological polar surface area (TPSA) is 33.1 Å². The SMILES string of the molecule is Cl.Cn1ccnc1C1CNCCN1Cc1c(F)cccc1F. The first-order valence-electron chi connectivity index (χ1n) is 7.01. The fourth-order valence-corrected chi connectivity index (χ4v) is 2.77. The number of nitrogens with one attached hydrogen (secondary N) is 1. The molecule has 0 bridgehead atoms. The van der Waals surface area contributed by atoms with Crippen LogP contribution in [-0.4, -0.2) is 34.1 Å². The lowest BCUT2D eigenvalue weighted by Crippen LogP contribution is -2.46. The molecular weight excluding hydrogens is 310 g/mol. The molecular formula is C15H19ClF2N4. The van der Waals surface area contributed by atoms with Crippen LogP contribution < -0.4 is 5.32 Å². The molecule has 1 saturated heterocycles. The number of aryl methyl sites for hydroxylation is 1. The molecule has 7 heteroatoms. The van der Waals surface area contributed by atoms with E-state index in [1.54, 1.807) is 6.20 Å². The molecule has 2 aromatic rings. The van der Waals surface area contributed by atoms with Crippen molar-refractivity contribution in [1.82, 2.24) is 19.8 Å². The van der Waals surface area contributed by atoms with Crippen LogP contribution in [0.4, 0.5) is 8.78 Å². The molecule has 1 aromatic heterocycles. The average Bonchev–Trinajstić information content (AvgIpc) is 2.90. The standard InChI is InChI=1S/C15H18F2N4.ClH/c1-20-7-6-19-15(20)14-9-18-5-8-21(14)10-11-12(16)3-2-4-13(11)17;/h2-4,6-7,14,18H,5,8-10H2,1H3;1H. The van der Waals surface area contributed by atoms with E-state index < -0.39 is 11.6 Å². The summed E-state index contributed by atoms with van der Waals surface area (Å²) in [7, 11) is 1.93. The average molecular weight is 329 g/mol. The van der Waals surface area contributed by atoms with E-state index in [4.69, 9.17) is 0 Å². The first-order valence-corrected chi connectivity index (χ1v) is 7.01. The molecule has 1 fully saturated rings. The Morgan fingerprint density at radius 2 is 2.05 bits per heavy atom. The molecule has 3 rings (SSSR count). The molecule has 2 heterocycles. The first-order chi connectivity index (χ1) is 10.2. The molecule has 1 N–H and O–H groups in total. The van der Waals surface area contributed by atoms with Crippen molar-refractivity contribution in [3.05, 3.63) is 53.6 Å². The Labute approximate surface area is 134 Å². The van der Waals surface area contributed by atoms with E-state index in [9.17, 15) is 8.78 Å². The Hall–Kier alpha value is -1.50. The van der Waals surface area contributed by atoms with Gasteiger partial charge in [0.25, 0.3) is 0 Å². The summed E-state index contributed by atoms with van der Waals surface area (Å²) in [5.41, 5.74) is 0.124. The number of benzene rings is 1. The molecule has 1 unspecified atom stereocenters. The van der Waals surface area contributed by atoms with E-state index >= 15 is 0 Å². The van der Waals surface area contributed by atoms with Crippen LogP contribution in [-0.2, 0) is 13.6 Å². The van der Waals surface area contributed by atoms with Crippen molar-refractivity contribution in [3.8, 4) is 0 Å². The van der Waals surface area contributed by atoms with E-state index in [2.05, 4.69) is 15.2 Å². The van der Waals surface area contributed by atoms with Gasteiger partial charge in [0.1, 0.15) is 17.5 Å². The molecule has 1 aliphatic heterocycles. The zero-order chi connectivity index (χ0) is 14.8. The highest BCUT2D eigenvalue weighted by atomic mass is 35.5. The summed E-state index contributed by atoms with van der Waals surface area (Å²) >= 11 is 0. The van der Waals surface area contributed by atoms with Crippen molar-refractivity contribution in [2.24, 2.45) is 7.05 Å². The number of hydrogen-bond donors (Lipinski definition) is 1. The highest BCUT2D eigenvalue weighted by Crippen LogP contribution is 2.24. The smallest absolute Gasteiger partial charge is 0.130 e. The normalized spacial score (nSPS) is 19.0. The summed E-state index contributed by atoms with van der Waals surface area (Å²) in [6, 6.07) is 4.01. The number of imidazole rings is 1. The van der Waals surface area contributed by atoms with E-state index in [1.807, 2.05) is 17.8 Å². The Kier molecular flexibility index (Phi) is 5.50. The predicted molar refractivity (Wildman–Crippen MR) is 82.8 cm³/mol. The Balaban J connectivity index is 0.00000176. The van der Waals surface area contributed by atoms with E-state index in [0.29, 0.717) is 0 Å². The lowest BCUT2D eigenvalue weighted by molar-refractivity contribution is 0.141. The van der Waals surface area contributed by atoms with E-state index in [0.717, 1.165) is 25.5 Å². The van der Waals surface area contributed by atoms with Crippen molar-refractivity contribution in [3.63, 3.8) is 0 Å². The summed E-state index contributed by atoms with van der Waals surface area (Å²) in [6.45, 7) is 2.50. The Bertz CT molecular complexity index is 612. The van der Waals surface area contributed by atoms with Crippen LogP contribution in [0.25, 0.3) is 0 Å². The highest BCUT2D eigenvalue weighted by molar-refractivity contribution is 5.85. The fourth-order valence-electron chi connectivity index (χ4n) is 2.77. The third-order valence-electron chi connectivity index (χ3n) is 3.93. The van der Waals surface area contributed by atoms with E-state index in [-0.39, 0.29) is 30.6 Å². The minimum atomic E-state index is -0.493. The number of hydrogen-bond acceptors (Lipinski definition) is 3. The van der Waals surface area contributed by atoms with Crippen LogP contribution >= 0.6 is 12.4 Å². The Morgan fingerprint density at radius 3 is 2.68 bits per heavy atom. The van der Waals surface area contributed by atoms with Gasteiger partial charge in [-0.2, -0.15) is 0 Å². The van der Waals surface area contributed by atoms with Gasteiger partial charge in [0, 0.05) is 51.2 Å². The molecule has 1 aromatic carbocycles. The Morgan fingerprint density at radius 1 is 1.32 bits per heavy atom. The van der Waals surface area contributed by atoms with E-state index in [1.165, 1.54) is 18.2 Å². The molecule has 1 aliphatic rings. The highest BCUT2D eigenvalue weighted by Gasteiger charge is 2.28. The second-order valence-electron chi connectivity index (χ2n) is 5.29. The summed E-state index contributed by atoms with van der Waals surface area (Å²) < 4.78 is 29.6. The molecule has 0 aliphatic carbocycles. The van der Waals surface area contributed by atoms with Crippen LogP contribution in [0.2, 0.25) is 0 Å². The monoisotopic (exact) mass is 328 g/mol. The molecule has 0 saturated carbocycles. The van der Waals surface area contributed by atoms with Crippen molar-refractivity contribution in [1.29, 1.82) is 0 Å². The fraction of sp³-hybridized carbons (Fsp3) is 0.400. The summed E-state index contributed by atoms with van der Waals surface area (Å²) in [5.74, 6) is -0.0850. The van der Waals surface area contributed by atoms with Gasteiger partial charge < -0.3 is 9.88 Å². The van der Waals surface area contributed by atoms with Crippen LogP contribution in [0.3, 0.4) is 0 Å². The number of halogens is 3. The number of piperazine rings is 1. The van der Waals surface area contributed by atoms with Gasteiger partial charge in [-0.05, 0) is 12.1 Å². The van der Waals surface area contributed by atoms with Crippen LogP contribution in [0.15, 0.2) is 30.6 Å². The van der Waals surface area contributed by atoms with Gasteiger partial charge in [-0.25, -0.2) is 13.8 Å². The maximum Gasteiger partial charge on any atom is 0.130 e. The van der Waals surface area contributed by atoms with Crippen molar-refractivity contribution in [2.45, 2.75) is 12.6 Å². The van der Waals surface area contributed by atoms with Gasteiger partial charge in [-0.1, -0.05) is 6.07 Å². The molecule has 0 radical (unpaired) electrons. The third-order valence-corrected chi connectivity index (χ3v) is 3.93. The van der Waals surface area contributed by atoms with Gasteiger partial charge in [0.2, 0.25) is 0 Å². The third kappa shape index (κ3) is 3.29. The van der Waals surface area contributed by atoms with Gasteiger partial charge in [0.15, 0.2) is 0 Å². The molecule has 0 amide bonds. The quantitative estimate of drug-likeness (QED) is 0.938. The number of rotatable bonds is 3. The largest absolute Gasteiger partial charge is 0.337 e. The van der Waals surface area contributed by atoms with Crippen molar-refractivity contribution < 1.29 is 8.78 Å². The zero-order valence-corrected chi connectivity index (χ0v) is 13.1. The van der Waals surface area contributed by atoms with Crippen LogP contribution in [0.1, 0.15) is 17.4 Å². The zero-order valence-electron chi connectivity index (χ0n) is 12.3. The van der Waals surface area contributed by atoms with Crippen LogP contribution in [0, 0.1) is 11.6 Å². The van der Waals surface area contributed by atoms with Gasteiger partial charge >= 0.3 is 0 Å². The maximum atomic E-state index is 13.9. The van der Waals surface area contributed by atoms with Gasteiger partial charge in [0.05, 0.1) is 6.04 Å². The first kappa shape index (κ1) is 16.9. The summed E-state index contributed by atoms with van der Waals surface area (Å²) in [4.78, 5) is 6.44. The molecule has 22 heavy (non-hydrogen) atoms. The minimum absolute atomic E-state index is 0. The van der Waals surface area contributed by atoms with Crippen LogP contribution in [0.5, 0.6) is 0 Å². The predicted octanol–water partition coefficient (Wildman–Crippen LogP) is 2.27. The summed E-state index contributed by atoms with van der Waals surface area (Å²) in [6.07, 6.45) is 3.62. The summed E-state index contributed by atoms with van der Waals surface area (Å²) in [5, 5.41) is 3.31. The minimum Gasteiger partial charge on any atom is -0.337 e. The van der Waals surface area contributed by atoms with Gasteiger partial charge in [-0.3, -0.25) is 4.90 Å². The molecule has 4 nitrogen and oxygen atoms in total. The second-order valence-corrected chi connectivity index (χ2v) is 5.29. The molecule has 1 atom stereocenters. The van der Waals surface area contributed by atoms with Gasteiger partial charge in [-0.15, -0.1) is 12.4 Å². The lowest BCUT2D eigenvalue weighted by atomic mass is 10.1. The molecule has 120 valence electrons. The lowest BCUT2D eigenvalue weighted by Gasteiger charge is -2.35. The number of aromatic nitrogens is 2. The number of nitrogens with zero attached hydrogens (tertiary/aromatic N) is 3.